The maximum absolute atomic E-state index is 12.3. The first-order valence-corrected chi connectivity index (χ1v) is 7.91. The zero-order valence-corrected chi connectivity index (χ0v) is 12.1. The van der Waals surface area contributed by atoms with Gasteiger partial charge in [0.05, 0.1) is 6.10 Å². The monoisotopic (exact) mass is 272 g/mol. The maximum atomic E-state index is 12.3. The van der Waals surface area contributed by atoms with Gasteiger partial charge in [-0.2, -0.15) is 11.8 Å². The van der Waals surface area contributed by atoms with Crippen molar-refractivity contribution in [2.45, 2.75) is 38.8 Å². The van der Waals surface area contributed by atoms with Crippen LogP contribution in [0.3, 0.4) is 0 Å². The number of hydrogen-bond donors (Lipinski definition) is 2. The second-order valence-corrected chi connectivity index (χ2v) is 7.19. The summed E-state index contributed by atoms with van der Waals surface area (Å²) in [5.41, 5.74) is -0.178. The third kappa shape index (κ3) is 3.39. The molecule has 4 nitrogen and oxygen atoms in total. The number of piperidine rings is 1. The Kier molecular flexibility index (Phi) is 4.56. The SMILES string of the molecule is CC1(C)CN(C(=O)CC2CSCCN2)CCC1O. The number of nitrogens with zero attached hydrogens (tertiary/aromatic N) is 1. The number of aliphatic hydroxyl groups is 1. The Bertz CT molecular complexity index is 303. The van der Waals surface area contributed by atoms with Crippen LogP contribution in [0.1, 0.15) is 26.7 Å². The zero-order valence-electron chi connectivity index (χ0n) is 11.3. The second kappa shape index (κ2) is 5.80. The first-order valence-electron chi connectivity index (χ1n) is 6.76. The molecular formula is C13H24N2O2S. The number of aliphatic hydroxyl groups excluding tert-OH is 1. The van der Waals surface area contributed by atoms with E-state index in [-0.39, 0.29) is 17.4 Å². The number of likely N-dealkylation sites (tertiary alicyclic amines) is 1. The van der Waals surface area contributed by atoms with Crippen molar-refractivity contribution in [1.82, 2.24) is 10.2 Å². The van der Waals surface area contributed by atoms with Crippen LogP contribution in [0.25, 0.3) is 0 Å². The van der Waals surface area contributed by atoms with Crippen molar-refractivity contribution >= 4 is 17.7 Å². The molecule has 2 unspecified atom stereocenters. The Balaban J connectivity index is 1.85. The van der Waals surface area contributed by atoms with Gasteiger partial charge in [-0.05, 0) is 6.42 Å². The molecule has 2 rings (SSSR count). The molecule has 0 spiro atoms. The molecule has 2 atom stereocenters. The fourth-order valence-corrected chi connectivity index (χ4v) is 3.60. The average Bonchev–Trinajstić information content (AvgIpc) is 2.34. The van der Waals surface area contributed by atoms with E-state index in [1.165, 1.54) is 0 Å². The molecule has 2 fully saturated rings. The summed E-state index contributed by atoms with van der Waals surface area (Å²) < 4.78 is 0. The molecule has 104 valence electrons. The Hall–Kier alpha value is -0.260. The highest BCUT2D eigenvalue weighted by atomic mass is 32.2. The highest BCUT2D eigenvalue weighted by molar-refractivity contribution is 7.99. The highest BCUT2D eigenvalue weighted by Crippen LogP contribution is 2.29. The summed E-state index contributed by atoms with van der Waals surface area (Å²) in [5, 5.41) is 13.3. The van der Waals surface area contributed by atoms with Gasteiger partial charge >= 0.3 is 0 Å². The number of thioether (sulfide) groups is 1. The van der Waals surface area contributed by atoms with Crippen molar-refractivity contribution in [3.8, 4) is 0 Å². The van der Waals surface area contributed by atoms with Gasteiger partial charge in [-0.15, -0.1) is 0 Å². The molecule has 1 amide bonds. The molecule has 0 aromatic heterocycles. The number of amides is 1. The van der Waals surface area contributed by atoms with Crippen molar-refractivity contribution in [2.75, 3.05) is 31.1 Å². The van der Waals surface area contributed by atoms with Crippen LogP contribution in [-0.4, -0.2) is 59.2 Å². The van der Waals surface area contributed by atoms with Crippen LogP contribution in [0.4, 0.5) is 0 Å². The van der Waals surface area contributed by atoms with Gasteiger partial charge in [0, 0.05) is 49.0 Å². The lowest BCUT2D eigenvalue weighted by atomic mass is 9.81. The molecule has 0 radical (unpaired) electrons. The minimum Gasteiger partial charge on any atom is -0.392 e. The number of hydrogen-bond acceptors (Lipinski definition) is 4. The quantitative estimate of drug-likeness (QED) is 0.777. The first-order chi connectivity index (χ1) is 8.49. The number of nitrogens with one attached hydrogen (secondary N) is 1. The molecule has 2 N–H and O–H groups in total. The lowest BCUT2D eigenvalue weighted by molar-refractivity contribution is -0.138. The van der Waals surface area contributed by atoms with Gasteiger partial charge in [-0.1, -0.05) is 13.8 Å². The van der Waals surface area contributed by atoms with Crippen LogP contribution in [0.5, 0.6) is 0 Å². The molecule has 0 aromatic rings. The minimum absolute atomic E-state index is 0.178. The average molecular weight is 272 g/mol. The zero-order chi connectivity index (χ0) is 13.2. The van der Waals surface area contributed by atoms with Crippen LogP contribution >= 0.6 is 11.8 Å². The maximum Gasteiger partial charge on any atom is 0.224 e. The van der Waals surface area contributed by atoms with Gasteiger partial charge in [-0.25, -0.2) is 0 Å². The van der Waals surface area contributed by atoms with Crippen molar-refractivity contribution < 1.29 is 9.90 Å². The molecule has 2 heterocycles. The van der Waals surface area contributed by atoms with Gasteiger partial charge < -0.3 is 15.3 Å². The van der Waals surface area contributed by atoms with E-state index >= 15 is 0 Å². The summed E-state index contributed by atoms with van der Waals surface area (Å²) in [6.45, 7) is 6.45. The molecule has 0 saturated carbocycles. The summed E-state index contributed by atoms with van der Waals surface area (Å²) in [6, 6.07) is 0.325. The van der Waals surface area contributed by atoms with E-state index in [4.69, 9.17) is 0 Å². The van der Waals surface area contributed by atoms with E-state index in [0.717, 1.165) is 18.1 Å². The van der Waals surface area contributed by atoms with Gasteiger partial charge in [-0.3, -0.25) is 4.79 Å². The lowest BCUT2D eigenvalue weighted by Gasteiger charge is -2.42. The Morgan fingerprint density at radius 2 is 2.33 bits per heavy atom. The first kappa shape index (κ1) is 14.2. The molecule has 18 heavy (non-hydrogen) atoms. The molecule has 5 heteroatoms. The fourth-order valence-electron chi connectivity index (χ4n) is 2.65. The van der Waals surface area contributed by atoms with Crippen LogP contribution in [-0.2, 0) is 4.79 Å². The lowest BCUT2D eigenvalue weighted by Crippen LogP contribution is -2.52. The smallest absolute Gasteiger partial charge is 0.224 e. The van der Waals surface area contributed by atoms with Crippen LogP contribution in [0.15, 0.2) is 0 Å². The van der Waals surface area contributed by atoms with Crippen molar-refractivity contribution in [1.29, 1.82) is 0 Å². The predicted molar refractivity (Wildman–Crippen MR) is 74.7 cm³/mol. The van der Waals surface area contributed by atoms with Crippen molar-refractivity contribution in [3.05, 3.63) is 0 Å². The molecule has 0 aliphatic carbocycles. The Morgan fingerprint density at radius 3 is 2.94 bits per heavy atom. The largest absolute Gasteiger partial charge is 0.392 e. The van der Waals surface area contributed by atoms with E-state index in [1.54, 1.807) is 0 Å². The van der Waals surface area contributed by atoms with Gasteiger partial charge in [0.25, 0.3) is 0 Å². The third-order valence-corrected chi connectivity index (χ3v) is 5.08. The third-order valence-electron chi connectivity index (χ3n) is 3.95. The summed E-state index contributed by atoms with van der Waals surface area (Å²) in [7, 11) is 0. The summed E-state index contributed by atoms with van der Waals surface area (Å²) in [4.78, 5) is 14.2. The number of rotatable bonds is 2. The van der Waals surface area contributed by atoms with Gasteiger partial charge in [0.15, 0.2) is 0 Å². The minimum atomic E-state index is -0.287. The van der Waals surface area contributed by atoms with Crippen LogP contribution in [0, 0.1) is 5.41 Å². The molecule has 2 aliphatic rings. The van der Waals surface area contributed by atoms with E-state index in [1.807, 2.05) is 30.5 Å². The summed E-state index contributed by atoms with van der Waals surface area (Å²) >= 11 is 1.92. The number of carbonyl (C=O) groups excluding carboxylic acids is 1. The van der Waals surface area contributed by atoms with Gasteiger partial charge in [0.1, 0.15) is 0 Å². The highest BCUT2D eigenvalue weighted by Gasteiger charge is 2.36. The molecular weight excluding hydrogens is 248 g/mol. The van der Waals surface area contributed by atoms with E-state index in [2.05, 4.69) is 5.32 Å². The Morgan fingerprint density at radius 1 is 1.56 bits per heavy atom. The van der Waals surface area contributed by atoms with Crippen molar-refractivity contribution in [3.63, 3.8) is 0 Å². The van der Waals surface area contributed by atoms with E-state index in [9.17, 15) is 9.90 Å². The van der Waals surface area contributed by atoms with Crippen LogP contribution in [0.2, 0.25) is 0 Å². The normalized spacial score (nSPS) is 32.3. The summed E-state index contributed by atoms with van der Waals surface area (Å²) in [5.74, 6) is 2.41. The predicted octanol–water partition coefficient (Wildman–Crippen LogP) is 0.701. The molecule has 0 bridgehead atoms. The Labute approximate surface area is 113 Å². The molecule has 2 aliphatic heterocycles. The van der Waals surface area contributed by atoms with E-state index < -0.39 is 0 Å². The fraction of sp³-hybridized carbons (Fsp3) is 0.923. The topological polar surface area (TPSA) is 52.6 Å². The number of carbonyl (C=O) groups is 1. The molecule has 0 aromatic carbocycles. The van der Waals surface area contributed by atoms with Crippen molar-refractivity contribution in [2.24, 2.45) is 5.41 Å². The molecule has 2 saturated heterocycles. The summed E-state index contributed by atoms with van der Waals surface area (Å²) in [6.07, 6.45) is 1.01. The standard InChI is InChI=1S/C13H24N2O2S/c1-13(2)9-15(5-3-11(13)16)12(17)7-10-8-18-6-4-14-10/h10-11,14,16H,3-9H2,1-2H3. The van der Waals surface area contributed by atoms with Crippen LogP contribution < -0.4 is 5.32 Å². The van der Waals surface area contributed by atoms with Gasteiger partial charge in [0.2, 0.25) is 5.91 Å². The van der Waals surface area contributed by atoms with E-state index in [0.29, 0.717) is 32.0 Å². The second-order valence-electron chi connectivity index (χ2n) is 6.04.